The number of carbonyl (C=O) groups is 1. The summed E-state index contributed by atoms with van der Waals surface area (Å²) in [6, 6.07) is 7.53. The van der Waals surface area contributed by atoms with E-state index >= 15 is 0 Å². The van der Waals surface area contributed by atoms with Crippen LogP contribution in [0.5, 0.6) is 0 Å². The van der Waals surface area contributed by atoms with E-state index in [2.05, 4.69) is 26.1 Å². The van der Waals surface area contributed by atoms with Gasteiger partial charge in [-0.25, -0.2) is 9.69 Å². The Balaban J connectivity index is 1.95. The number of aromatic nitrogens is 3. The lowest BCUT2D eigenvalue weighted by atomic mass is 9.95. The zero-order valence-corrected chi connectivity index (χ0v) is 11.4. The number of benzene rings is 1. The maximum Gasteiger partial charge on any atom is 0.262 e. The maximum atomic E-state index is 11.8. The number of nitrogens with zero attached hydrogens (tertiary/aromatic N) is 4. The van der Waals surface area contributed by atoms with Crippen LogP contribution in [-0.4, -0.2) is 26.2 Å². The predicted octanol–water partition coefficient (Wildman–Crippen LogP) is 1.87. The number of alkyl halides is 1. The standard InChI is InChI=1S/C11H8BrClN4O/c12-8-3-1-7(2-4-8)10-9(13)11(18)17(10)16-5-14-15-6-16/h1-6,9-10H. The van der Waals surface area contributed by atoms with Crippen molar-refractivity contribution < 1.29 is 4.79 Å². The molecule has 0 spiro atoms. The van der Waals surface area contributed by atoms with Crippen LogP contribution in [0.3, 0.4) is 0 Å². The Kier molecular flexibility index (Phi) is 2.83. The minimum atomic E-state index is -0.548. The van der Waals surface area contributed by atoms with Crippen molar-refractivity contribution in [2.75, 3.05) is 5.01 Å². The third-order valence-electron chi connectivity index (χ3n) is 2.87. The molecule has 1 aliphatic heterocycles. The Labute approximate surface area is 116 Å². The highest BCUT2D eigenvalue weighted by Crippen LogP contribution is 2.37. The van der Waals surface area contributed by atoms with Gasteiger partial charge in [-0.1, -0.05) is 28.1 Å². The second-order valence-corrected chi connectivity index (χ2v) is 5.31. The van der Waals surface area contributed by atoms with Crippen LogP contribution in [-0.2, 0) is 4.79 Å². The van der Waals surface area contributed by atoms with E-state index in [0.29, 0.717) is 0 Å². The van der Waals surface area contributed by atoms with E-state index in [0.717, 1.165) is 10.0 Å². The van der Waals surface area contributed by atoms with Crippen LogP contribution in [0.4, 0.5) is 0 Å². The molecule has 92 valence electrons. The van der Waals surface area contributed by atoms with Gasteiger partial charge in [0.1, 0.15) is 24.1 Å². The van der Waals surface area contributed by atoms with Crippen molar-refractivity contribution in [2.24, 2.45) is 0 Å². The zero-order valence-electron chi connectivity index (χ0n) is 9.07. The number of carbonyl (C=O) groups excluding carboxylic acids is 1. The average molecular weight is 328 g/mol. The summed E-state index contributed by atoms with van der Waals surface area (Å²) in [6.07, 6.45) is 2.96. The van der Waals surface area contributed by atoms with Gasteiger partial charge in [-0.05, 0) is 17.7 Å². The molecule has 0 radical (unpaired) electrons. The van der Waals surface area contributed by atoms with E-state index in [-0.39, 0.29) is 11.9 Å². The summed E-state index contributed by atoms with van der Waals surface area (Å²) in [5.74, 6) is -0.149. The first-order valence-corrected chi connectivity index (χ1v) is 6.49. The van der Waals surface area contributed by atoms with Crippen LogP contribution in [0, 0.1) is 0 Å². The number of rotatable bonds is 2. The SMILES string of the molecule is O=C1C(Cl)C(c2ccc(Br)cc2)N1n1cnnc1. The molecule has 0 N–H and O–H groups in total. The highest BCUT2D eigenvalue weighted by Gasteiger charge is 2.48. The van der Waals surface area contributed by atoms with Crippen molar-refractivity contribution in [1.82, 2.24) is 14.9 Å². The Bertz CT molecular complexity index is 571. The van der Waals surface area contributed by atoms with Gasteiger partial charge in [0.15, 0.2) is 0 Å². The van der Waals surface area contributed by atoms with Crippen LogP contribution < -0.4 is 5.01 Å². The van der Waals surface area contributed by atoms with Gasteiger partial charge in [0.2, 0.25) is 0 Å². The van der Waals surface area contributed by atoms with Gasteiger partial charge >= 0.3 is 0 Å². The van der Waals surface area contributed by atoms with Crippen LogP contribution in [0.15, 0.2) is 41.4 Å². The molecule has 1 aromatic heterocycles. The number of hydrogen-bond donors (Lipinski definition) is 0. The van der Waals surface area contributed by atoms with E-state index in [9.17, 15) is 4.79 Å². The van der Waals surface area contributed by atoms with Crippen LogP contribution in [0.2, 0.25) is 0 Å². The molecule has 2 unspecified atom stereocenters. The molecule has 7 heteroatoms. The molecular formula is C11H8BrClN4O. The van der Waals surface area contributed by atoms with E-state index < -0.39 is 5.38 Å². The highest BCUT2D eigenvalue weighted by molar-refractivity contribution is 9.10. The fourth-order valence-electron chi connectivity index (χ4n) is 1.97. The molecule has 3 rings (SSSR count). The largest absolute Gasteiger partial charge is 0.271 e. The number of hydrogen-bond acceptors (Lipinski definition) is 3. The predicted molar refractivity (Wildman–Crippen MR) is 69.8 cm³/mol. The number of halogens is 2. The van der Waals surface area contributed by atoms with Crippen molar-refractivity contribution in [3.05, 3.63) is 47.0 Å². The molecule has 0 aliphatic carbocycles. The second kappa shape index (κ2) is 4.37. The average Bonchev–Trinajstić information content (AvgIpc) is 2.89. The molecular weight excluding hydrogens is 320 g/mol. The van der Waals surface area contributed by atoms with Crippen LogP contribution in [0.25, 0.3) is 0 Å². The third-order valence-corrected chi connectivity index (χ3v) is 3.82. The van der Waals surface area contributed by atoms with Crippen molar-refractivity contribution in [3.63, 3.8) is 0 Å². The lowest BCUT2D eigenvalue weighted by molar-refractivity contribution is -0.126. The molecule has 2 atom stereocenters. The van der Waals surface area contributed by atoms with Crippen molar-refractivity contribution in [3.8, 4) is 0 Å². The molecule has 1 fully saturated rings. The Morgan fingerprint density at radius 2 is 1.78 bits per heavy atom. The zero-order chi connectivity index (χ0) is 12.7. The summed E-state index contributed by atoms with van der Waals surface area (Å²) >= 11 is 9.47. The van der Waals surface area contributed by atoms with Gasteiger partial charge in [-0.15, -0.1) is 21.8 Å². The first-order valence-electron chi connectivity index (χ1n) is 5.26. The minimum absolute atomic E-state index is 0.149. The molecule has 0 saturated carbocycles. The van der Waals surface area contributed by atoms with Crippen molar-refractivity contribution in [1.29, 1.82) is 0 Å². The Morgan fingerprint density at radius 1 is 1.17 bits per heavy atom. The van der Waals surface area contributed by atoms with Gasteiger partial charge in [-0.2, -0.15) is 0 Å². The molecule has 5 nitrogen and oxygen atoms in total. The van der Waals surface area contributed by atoms with Gasteiger partial charge < -0.3 is 0 Å². The van der Waals surface area contributed by atoms with E-state index in [1.807, 2.05) is 24.3 Å². The molecule has 1 saturated heterocycles. The molecule has 1 amide bonds. The minimum Gasteiger partial charge on any atom is -0.271 e. The molecule has 2 heterocycles. The summed E-state index contributed by atoms with van der Waals surface area (Å²) in [7, 11) is 0. The second-order valence-electron chi connectivity index (χ2n) is 3.92. The lowest BCUT2D eigenvalue weighted by Crippen LogP contribution is -2.61. The topological polar surface area (TPSA) is 51.0 Å². The smallest absolute Gasteiger partial charge is 0.262 e. The first kappa shape index (κ1) is 11.7. The normalized spacial score (nSPS) is 23.0. The third kappa shape index (κ3) is 1.72. The van der Waals surface area contributed by atoms with Gasteiger partial charge in [0.05, 0.1) is 0 Å². The number of amides is 1. The van der Waals surface area contributed by atoms with E-state index in [1.165, 1.54) is 12.7 Å². The van der Waals surface area contributed by atoms with Gasteiger partial charge in [0.25, 0.3) is 5.91 Å². The molecule has 1 aromatic carbocycles. The quantitative estimate of drug-likeness (QED) is 0.625. The first-order chi connectivity index (χ1) is 8.68. The summed E-state index contributed by atoms with van der Waals surface area (Å²) in [5, 5.41) is 8.39. The van der Waals surface area contributed by atoms with Crippen molar-refractivity contribution >= 4 is 33.4 Å². The Hall–Kier alpha value is -1.40. The lowest BCUT2D eigenvalue weighted by Gasteiger charge is -2.43. The van der Waals surface area contributed by atoms with Crippen LogP contribution in [0.1, 0.15) is 11.6 Å². The summed E-state index contributed by atoms with van der Waals surface area (Å²) in [4.78, 5) is 11.8. The maximum absolute atomic E-state index is 11.8. The highest BCUT2D eigenvalue weighted by atomic mass is 79.9. The molecule has 0 bridgehead atoms. The molecule has 1 aliphatic rings. The van der Waals surface area contributed by atoms with Gasteiger partial charge in [0, 0.05) is 4.47 Å². The summed E-state index contributed by atoms with van der Waals surface area (Å²) in [6.45, 7) is 0. The molecule has 18 heavy (non-hydrogen) atoms. The van der Waals surface area contributed by atoms with E-state index in [1.54, 1.807) is 9.69 Å². The summed E-state index contributed by atoms with van der Waals surface area (Å²) < 4.78 is 2.53. The number of β-lactam (4-membered cyclic amide) rings is 1. The summed E-state index contributed by atoms with van der Waals surface area (Å²) in [5.41, 5.74) is 0.978. The Morgan fingerprint density at radius 3 is 2.39 bits per heavy atom. The fourth-order valence-corrected chi connectivity index (χ4v) is 2.59. The van der Waals surface area contributed by atoms with Gasteiger partial charge in [-0.3, -0.25) is 4.79 Å². The van der Waals surface area contributed by atoms with Crippen molar-refractivity contribution in [2.45, 2.75) is 11.4 Å². The fraction of sp³-hybridized carbons (Fsp3) is 0.182. The monoisotopic (exact) mass is 326 g/mol. The van der Waals surface area contributed by atoms with E-state index in [4.69, 9.17) is 11.6 Å². The molecule has 2 aromatic rings. The van der Waals surface area contributed by atoms with Crippen LogP contribution >= 0.6 is 27.5 Å².